The van der Waals surface area contributed by atoms with Crippen molar-refractivity contribution in [1.29, 1.82) is 0 Å². The minimum absolute atomic E-state index is 0.00192. The first kappa shape index (κ1) is 22.2. The van der Waals surface area contributed by atoms with Gasteiger partial charge in [0.1, 0.15) is 22.9 Å². The number of hydrogen-bond acceptors (Lipinski definition) is 5. The second-order valence-corrected chi connectivity index (χ2v) is 7.68. The molecule has 1 aromatic carbocycles. The topological polar surface area (TPSA) is 65.7 Å². The van der Waals surface area contributed by atoms with Gasteiger partial charge in [0, 0.05) is 30.5 Å². The number of carbonyl (C=O) groups is 1. The van der Waals surface area contributed by atoms with E-state index in [1.165, 1.54) is 6.07 Å². The maximum absolute atomic E-state index is 13.1. The highest BCUT2D eigenvalue weighted by molar-refractivity contribution is 5.94. The van der Waals surface area contributed by atoms with Crippen LogP contribution in [0.2, 0.25) is 0 Å². The second kappa shape index (κ2) is 9.10. The summed E-state index contributed by atoms with van der Waals surface area (Å²) in [6.07, 6.45) is -0.0390. The molecule has 1 unspecified atom stereocenters. The van der Waals surface area contributed by atoms with Gasteiger partial charge in [0.25, 0.3) is 0 Å². The molecule has 1 aliphatic carbocycles. The molecule has 0 N–H and O–H groups in total. The molecule has 0 fully saturated rings. The lowest BCUT2D eigenvalue weighted by Gasteiger charge is -2.20. The average Bonchev–Trinajstić information content (AvgIpc) is 2.63. The first-order valence-corrected chi connectivity index (χ1v) is 10.2. The van der Waals surface area contributed by atoms with Gasteiger partial charge < -0.3 is 13.9 Å². The second-order valence-electron chi connectivity index (χ2n) is 7.68. The number of ketones is 1. The Morgan fingerprint density at radius 2 is 1.87 bits per heavy atom. The third-order valence-electron chi connectivity index (χ3n) is 5.21. The lowest BCUT2D eigenvalue weighted by Crippen LogP contribution is -2.23. The van der Waals surface area contributed by atoms with Gasteiger partial charge >= 0.3 is 12.0 Å². The molecule has 2 aromatic rings. The van der Waals surface area contributed by atoms with Gasteiger partial charge in [0.15, 0.2) is 0 Å². The highest BCUT2D eigenvalue weighted by Crippen LogP contribution is 2.39. The van der Waals surface area contributed by atoms with Gasteiger partial charge in [0.2, 0.25) is 0 Å². The van der Waals surface area contributed by atoms with Crippen molar-refractivity contribution in [3.8, 4) is 11.5 Å². The summed E-state index contributed by atoms with van der Waals surface area (Å²) < 4.78 is 54.5. The van der Waals surface area contributed by atoms with Gasteiger partial charge in [-0.05, 0) is 31.7 Å². The molecular weight excluding hydrogens is 401 g/mol. The van der Waals surface area contributed by atoms with Crippen molar-refractivity contribution in [2.24, 2.45) is 0 Å². The van der Waals surface area contributed by atoms with Crippen LogP contribution in [0, 0.1) is 0 Å². The summed E-state index contributed by atoms with van der Waals surface area (Å²) in [5.74, 6) is -0.550. The first-order chi connectivity index (χ1) is 14.2. The number of fused-ring (bicyclic) bond motifs is 3. The molecule has 0 spiro atoms. The van der Waals surface area contributed by atoms with Crippen molar-refractivity contribution in [3.05, 3.63) is 33.7 Å². The maximum Gasteiger partial charge on any atom is 0.573 e. The van der Waals surface area contributed by atoms with Crippen molar-refractivity contribution in [2.45, 2.75) is 77.7 Å². The highest BCUT2D eigenvalue weighted by atomic mass is 19.4. The fourth-order valence-electron chi connectivity index (χ4n) is 3.80. The minimum Gasteiger partial charge on any atom is -0.490 e. The van der Waals surface area contributed by atoms with Gasteiger partial charge in [-0.2, -0.15) is 0 Å². The van der Waals surface area contributed by atoms with Crippen molar-refractivity contribution >= 4 is 16.8 Å². The van der Waals surface area contributed by atoms with E-state index in [9.17, 15) is 22.8 Å². The van der Waals surface area contributed by atoms with Crippen LogP contribution in [0.1, 0.15) is 63.5 Å². The van der Waals surface area contributed by atoms with E-state index < -0.39 is 17.7 Å². The molecule has 1 atom stereocenters. The molecule has 8 heteroatoms. The predicted octanol–water partition coefficient (Wildman–Crippen LogP) is 5.49. The zero-order valence-electron chi connectivity index (χ0n) is 17.1. The molecule has 0 saturated carbocycles. The monoisotopic (exact) mass is 426 g/mol. The van der Waals surface area contributed by atoms with E-state index in [1.807, 2.05) is 6.92 Å². The predicted molar refractivity (Wildman–Crippen MR) is 105 cm³/mol. The van der Waals surface area contributed by atoms with Crippen molar-refractivity contribution in [2.75, 3.05) is 0 Å². The van der Waals surface area contributed by atoms with Crippen molar-refractivity contribution in [1.82, 2.24) is 0 Å². The van der Waals surface area contributed by atoms with Gasteiger partial charge in [-0.1, -0.05) is 26.2 Å². The van der Waals surface area contributed by atoms with Crippen LogP contribution >= 0.6 is 0 Å². The Kier molecular flexibility index (Phi) is 6.73. The summed E-state index contributed by atoms with van der Waals surface area (Å²) in [5, 5.41) is -0.00192. The third-order valence-corrected chi connectivity index (χ3v) is 5.21. The van der Waals surface area contributed by atoms with Crippen LogP contribution in [0.5, 0.6) is 11.5 Å². The number of Topliss-reactive ketones (excluding diaryl/α,β-unsaturated/α-hetero) is 1. The number of carbonyl (C=O) groups excluding carboxylic acids is 1. The van der Waals surface area contributed by atoms with Crippen molar-refractivity contribution < 1.29 is 31.9 Å². The van der Waals surface area contributed by atoms with E-state index in [2.05, 4.69) is 11.7 Å². The number of unbranched alkanes of at least 4 members (excludes halogenated alkanes) is 3. The van der Waals surface area contributed by atoms with Crippen LogP contribution in [0.4, 0.5) is 13.2 Å². The van der Waals surface area contributed by atoms with E-state index in [0.29, 0.717) is 0 Å². The smallest absolute Gasteiger partial charge is 0.490 e. The van der Waals surface area contributed by atoms with E-state index in [1.54, 1.807) is 0 Å². The number of rotatable bonds is 8. The lowest BCUT2D eigenvalue weighted by atomic mass is 9.89. The molecule has 0 aliphatic heterocycles. The number of alkyl halides is 3. The normalized spacial score (nSPS) is 15.2. The Bertz CT molecular complexity index is 977. The Morgan fingerprint density at radius 1 is 1.10 bits per heavy atom. The Hall–Kier alpha value is -2.51. The van der Waals surface area contributed by atoms with Crippen LogP contribution in [0.15, 0.2) is 21.3 Å². The average molecular weight is 426 g/mol. The fraction of sp³-hybridized carbons (Fsp3) is 0.545. The van der Waals surface area contributed by atoms with Crippen LogP contribution in [0.25, 0.3) is 11.0 Å². The fourth-order valence-corrected chi connectivity index (χ4v) is 3.80. The molecule has 1 aliphatic rings. The summed E-state index contributed by atoms with van der Waals surface area (Å²) >= 11 is 0. The van der Waals surface area contributed by atoms with Gasteiger partial charge in [-0.25, -0.2) is 4.79 Å². The Labute approximate surface area is 172 Å². The number of hydrogen-bond donors (Lipinski definition) is 0. The summed E-state index contributed by atoms with van der Waals surface area (Å²) in [5.41, 5.74) is -0.251. The van der Waals surface area contributed by atoms with E-state index in [0.717, 1.165) is 38.2 Å². The molecule has 0 amide bonds. The summed E-state index contributed by atoms with van der Waals surface area (Å²) in [4.78, 5) is 24.3. The summed E-state index contributed by atoms with van der Waals surface area (Å²) in [6.45, 7) is 3.94. The van der Waals surface area contributed by atoms with Crippen LogP contribution in [-0.2, 0) is 17.6 Å². The Morgan fingerprint density at radius 3 is 2.57 bits per heavy atom. The summed E-state index contributed by atoms with van der Waals surface area (Å²) in [7, 11) is 0. The molecule has 1 heterocycles. The van der Waals surface area contributed by atoms with Crippen LogP contribution < -0.4 is 15.1 Å². The molecule has 5 nitrogen and oxygen atoms in total. The number of benzene rings is 1. The molecule has 0 bridgehead atoms. The lowest BCUT2D eigenvalue weighted by molar-refractivity contribution is -0.274. The third kappa shape index (κ3) is 5.34. The number of ether oxygens (including phenoxy) is 2. The molecule has 30 heavy (non-hydrogen) atoms. The van der Waals surface area contributed by atoms with Crippen LogP contribution in [0.3, 0.4) is 0 Å². The minimum atomic E-state index is -4.95. The first-order valence-electron chi connectivity index (χ1n) is 10.2. The van der Waals surface area contributed by atoms with Crippen LogP contribution in [-0.4, -0.2) is 18.2 Å². The zero-order valence-corrected chi connectivity index (χ0v) is 17.1. The molecule has 0 saturated heterocycles. The van der Waals surface area contributed by atoms with Gasteiger partial charge in [0.05, 0.1) is 11.5 Å². The number of halogens is 3. The Balaban J connectivity index is 2.00. The van der Waals surface area contributed by atoms with E-state index >= 15 is 0 Å². The summed E-state index contributed by atoms with van der Waals surface area (Å²) in [6, 6.07) is 2.54. The molecule has 3 rings (SSSR count). The highest BCUT2D eigenvalue weighted by Gasteiger charge is 2.34. The van der Waals surface area contributed by atoms with E-state index in [4.69, 9.17) is 9.15 Å². The zero-order chi connectivity index (χ0) is 21.9. The molecule has 0 radical (unpaired) electrons. The largest absolute Gasteiger partial charge is 0.573 e. The molecule has 1 aromatic heterocycles. The standard InChI is InChI=1S/C22H25F3O5/c1-3-4-5-6-7-13(2)28-15-11-18-20(19(12-15)30-22(23,24)25)17-10-14(26)8-9-16(17)21(27)29-18/h11-13H,3-10H2,1-2H3. The maximum atomic E-state index is 13.1. The van der Waals surface area contributed by atoms with Gasteiger partial charge in [-0.3, -0.25) is 4.79 Å². The molecular formula is C22H25F3O5. The van der Waals surface area contributed by atoms with Crippen molar-refractivity contribution in [3.63, 3.8) is 0 Å². The SMILES string of the molecule is CCCCCCC(C)Oc1cc(OC(F)(F)F)c2c3c(c(=O)oc2c1)CCC(=O)C3. The van der Waals surface area contributed by atoms with Gasteiger partial charge in [-0.15, -0.1) is 13.2 Å². The van der Waals surface area contributed by atoms with E-state index in [-0.39, 0.29) is 59.0 Å². The molecule has 164 valence electrons. The quantitative estimate of drug-likeness (QED) is 0.413.